The van der Waals surface area contributed by atoms with Gasteiger partial charge >= 0.3 is 0 Å². The predicted octanol–water partition coefficient (Wildman–Crippen LogP) is 0.151. The minimum absolute atomic E-state index is 0. The van der Waals surface area contributed by atoms with Crippen molar-refractivity contribution in [1.29, 1.82) is 0 Å². The molecule has 1 atom stereocenters. The maximum absolute atomic E-state index is 12.4. The van der Waals surface area contributed by atoms with Crippen molar-refractivity contribution >= 4 is 39.9 Å². The number of carbonyl (C=O) groups excluding carboxylic acids is 2. The normalized spacial score (nSPS) is 12.2. The molecule has 2 amide bonds. The highest BCUT2D eigenvalue weighted by molar-refractivity contribution is 7.89. The first kappa shape index (κ1) is 22.3. The first-order chi connectivity index (χ1) is 10.7. The number of anilines is 1. The molecule has 0 bridgehead atoms. The summed E-state index contributed by atoms with van der Waals surface area (Å²) in [6.07, 6.45) is 0. The number of amides is 2. The molecule has 1 aromatic carbocycles. The molecule has 0 radical (unpaired) electrons. The van der Waals surface area contributed by atoms with Gasteiger partial charge in [0, 0.05) is 32.2 Å². The Morgan fingerprint density at radius 2 is 1.79 bits per heavy atom. The molecule has 0 unspecified atom stereocenters. The zero-order valence-corrected chi connectivity index (χ0v) is 15.4. The average molecular weight is 379 g/mol. The fraction of sp³-hybridized carbons (Fsp3) is 0.429. The number of halogens is 1. The maximum Gasteiger partial charge on any atom is 0.243 e. The Morgan fingerprint density at radius 1 is 1.25 bits per heavy atom. The molecule has 0 spiro atoms. The highest BCUT2D eigenvalue weighted by atomic mass is 35.5. The van der Waals surface area contributed by atoms with Crippen molar-refractivity contribution in [3.8, 4) is 0 Å². The molecule has 1 rings (SSSR count). The Hall–Kier alpha value is -1.68. The van der Waals surface area contributed by atoms with Crippen LogP contribution in [-0.2, 0) is 19.6 Å². The van der Waals surface area contributed by atoms with Crippen LogP contribution in [0.25, 0.3) is 0 Å². The van der Waals surface area contributed by atoms with E-state index in [1.165, 1.54) is 38.2 Å². The van der Waals surface area contributed by atoms with Crippen LogP contribution in [0, 0.1) is 0 Å². The second-order valence-corrected chi connectivity index (χ2v) is 7.22. The maximum atomic E-state index is 12.4. The lowest BCUT2D eigenvalue weighted by atomic mass is 10.3. The van der Waals surface area contributed by atoms with E-state index < -0.39 is 15.9 Å². The Bertz CT molecular complexity index is 664. The average Bonchev–Trinajstić information content (AvgIpc) is 2.46. The van der Waals surface area contributed by atoms with E-state index in [0.29, 0.717) is 5.69 Å². The van der Waals surface area contributed by atoms with Gasteiger partial charge < -0.3 is 16.4 Å². The third-order valence-electron chi connectivity index (χ3n) is 3.01. The molecular weight excluding hydrogens is 356 g/mol. The summed E-state index contributed by atoms with van der Waals surface area (Å²) in [4.78, 5) is 22.7. The molecule has 0 heterocycles. The summed E-state index contributed by atoms with van der Waals surface area (Å²) in [6.45, 7) is 3.06. The van der Waals surface area contributed by atoms with Crippen molar-refractivity contribution in [2.24, 2.45) is 5.73 Å². The lowest BCUT2D eigenvalue weighted by Gasteiger charge is -2.18. The zero-order chi connectivity index (χ0) is 17.6. The largest absolute Gasteiger partial charge is 0.351 e. The van der Waals surface area contributed by atoms with Gasteiger partial charge in [0.25, 0.3) is 0 Å². The van der Waals surface area contributed by atoms with E-state index in [1.54, 1.807) is 6.92 Å². The van der Waals surface area contributed by atoms with Gasteiger partial charge in [0.15, 0.2) is 0 Å². The van der Waals surface area contributed by atoms with Crippen LogP contribution in [0.2, 0.25) is 0 Å². The Labute approximate surface area is 148 Å². The van der Waals surface area contributed by atoms with Crippen molar-refractivity contribution in [3.05, 3.63) is 24.3 Å². The van der Waals surface area contributed by atoms with Crippen LogP contribution >= 0.6 is 12.4 Å². The molecule has 0 saturated carbocycles. The van der Waals surface area contributed by atoms with Crippen molar-refractivity contribution in [2.75, 3.05) is 25.5 Å². The van der Waals surface area contributed by atoms with Gasteiger partial charge in [-0.15, -0.1) is 12.4 Å². The van der Waals surface area contributed by atoms with Gasteiger partial charge in [-0.25, -0.2) is 8.42 Å². The van der Waals surface area contributed by atoms with Crippen LogP contribution in [0.1, 0.15) is 13.8 Å². The van der Waals surface area contributed by atoms with Gasteiger partial charge in [-0.2, -0.15) is 4.31 Å². The fourth-order valence-electron chi connectivity index (χ4n) is 1.76. The molecule has 1 aromatic rings. The Balaban J connectivity index is 0.00000529. The number of hydrogen-bond acceptors (Lipinski definition) is 5. The van der Waals surface area contributed by atoms with Crippen LogP contribution in [0.3, 0.4) is 0 Å². The summed E-state index contributed by atoms with van der Waals surface area (Å²) in [7, 11) is -2.47. The highest BCUT2D eigenvalue weighted by Gasteiger charge is 2.23. The van der Waals surface area contributed by atoms with Crippen molar-refractivity contribution in [1.82, 2.24) is 9.62 Å². The summed E-state index contributed by atoms with van der Waals surface area (Å²) in [6, 6.07) is 5.49. The third-order valence-corrected chi connectivity index (χ3v) is 4.83. The summed E-state index contributed by atoms with van der Waals surface area (Å²) >= 11 is 0. The minimum Gasteiger partial charge on any atom is -0.351 e. The molecule has 8 nitrogen and oxygen atoms in total. The lowest BCUT2D eigenvalue weighted by Crippen LogP contribution is -2.44. The summed E-state index contributed by atoms with van der Waals surface area (Å²) in [5.41, 5.74) is 5.89. The minimum atomic E-state index is -3.79. The SMILES string of the molecule is CC(=O)Nc1ccc(S(=O)(=O)N(C)CC(=O)N[C@@H](C)CN)cc1.Cl. The summed E-state index contributed by atoms with van der Waals surface area (Å²) < 4.78 is 25.7. The summed E-state index contributed by atoms with van der Waals surface area (Å²) in [5.74, 6) is -0.674. The van der Waals surface area contributed by atoms with E-state index in [2.05, 4.69) is 10.6 Å². The van der Waals surface area contributed by atoms with E-state index in [0.717, 1.165) is 4.31 Å². The van der Waals surface area contributed by atoms with Crippen molar-refractivity contribution in [3.63, 3.8) is 0 Å². The van der Waals surface area contributed by atoms with Gasteiger partial charge in [0.2, 0.25) is 21.8 Å². The molecule has 0 aliphatic carbocycles. The number of carbonyl (C=O) groups is 2. The molecule has 10 heteroatoms. The predicted molar refractivity (Wildman–Crippen MR) is 94.5 cm³/mol. The van der Waals surface area contributed by atoms with Crippen molar-refractivity contribution < 1.29 is 18.0 Å². The number of benzene rings is 1. The van der Waals surface area contributed by atoms with Crippen molar-refractivity contribution in [2.45, 2.75) is 24.8 Å². The smallest absolute Gasteiger partial charge is 0.243 e. The molecule has 0 fully saturated rings. The number of rotatable bonds is 7. The van der Waals surface area contributed by atoms with Crippen LogP contribution in [0.4, 0.5) is 5.69 Å². The monoisotopic (exact) mass is 378 g/mol. The number of nitrogens with zero attached hydrogens (tertiary/aromatic N) is 1. The molecule has 0 aromatic heterocycles. The van der Waals surface area contributed by atoms with Gasteiger partial charge in [-0.1, -0.05) is 0 Å². The molecular formula is C14H23ClN4O4S. The summed E-state index contributed by atoms with van der Waals surface area (Å²) in [5, 5.41) is 5.15. The Morgan fingerprint density at radius 3 is 2.25 bits per heavy atom. The first-order valence-corrected chi connectivity index (χ1v) is 8.44. The Kier molecular flexibility index (Phi) is 8.91. The molecule has 24 heavy (non-hydrogen) atoms. The van der Waals surface area contributed by atoms with E-state index in [9.17, 15) is 18.0 Å². The van der Waals surface area contributed by atoms with Gasteiger partial charge in [-0.3, -0.25) is 9.59 Å². The topological polar surface area (TPSA) is 122 Å². The van der Waals surface area contributed by atoms with E-state index >= 15 is 0 Å². The molecule has 136 valence electrons. The number of sulfonamides is 1. The van der Waals surface area contributed by atoms with Crippen LogP contribution in [0.15, 0.2) is 29.2 Å². The van der Waals surface area contributed by atoms with Gasteiger partial charge in [-0.05, 0) is 31.2 Å². The molecule has 0 saturated heterocycles. The van der Waals surface area contributed by atoms with Gasteiger partial charge in [0.05, 0.1) is 11.4 Å². The second kappa shape index (κ2) is 9.58. The molecule has 4 N–H and O–H groups in total. The number of likely N-dealkylation sites (N-methyl/N-ethyl adjacent to an activating group) is 1. The van der Waals surface area contributed by atoms with Crippen LogP contribution < -0.4 is 16.4 Å². The first-order valence-electron chi connectivity index (χ1n) is 7.00. The quantitative estimate of drug-likeness (QED) is 0.623. The van der Waals surface area contributed by atoms with E-state index in [1.807, 2.05) is 0 Å². The number of hydrogen-bond donors (Lipinski definition) is 3. The van der Waals surface area contributed by atoms with Gasteiger partial charge in [0.1, 0.15) is 0 Å². The molecule has 0 aliphatic rings. The van der Waals surface area contributed by atoms with E-state index in [-0.39, 0.29) is 42.3 Å². The second-order valence-electron chi connectivity index (χ2n) is 5.17. The number of nitrogens with two attached hydrogens (primary N) is 1. The zero-order valence-electron chi connectivity index (χ0n) is 13.8. The highest BCUT2D eigenvalue weighted by Crippen LogP contribution is 2.17. The fourth-order valence-corrected chi connectivity index (χ4v) is 2.89. The standard InChI is InChI=1S/C14H22N4O4S.ClH/c1-10(8-15)16-14(20)9-18(3)23(21,22)13-6-4-12(5-7-13)17-11(2)19;/h4-7,10H,8-9,15H2,1-3H3,(H,16,20)(H,17,19);1H/t10-;/m0./s1. The number of nitrogens with one attached hydrogen (secondary N) is 2. The van der Waals surface area contributed by atoms with Crippen LogP contribution in [-0.4, -0.2) is 50.7 Å². The van der Waals surface area contributed by atoms with E-state index in [4.69, 9.17) is 5.73 Å². The lowest BCUT2D eigenvalue weighted by molar-refractivity contribution is -0.121. The third kappa shape index (κ3) is 6.44. The molecule has 0 aliphatic heterocycles. The van der Waals surface area contributed by atoms with Crippen LogP contribution in [0.5, 0.6) is 0 Å².